The van der Waals surface area contributed by atoms with E-state index in [0.29, 0.717) is 25.8 Å². The third kappa shape index (κ3) is 11.7. The van der Waals surface area contributed by atoms with Crippen LogP contribution in [0.1, 0.15) is 40.0 Å². The van der Waals surface area contributed by atoms with E-state index in [9.17, 15) is 14.4 Å². The Morgan fingerprint density at radius 3 is 2.29 bits per heavy atom. The molecule has 8 heteroatoms. The summed E-state index contributed by atoms with van der Waals surface area (Å²) in [5.41, 5.74) is 10.0. The van der Waals surface area contributed by atoms with Gasteiger partial charge in [0.15, 0.2) is 0 Å². The summed E-state index contributed by atoms with van der Waals surface area (Å²) in [6.07, 6.45) is 1.34. The van der Waals surface area contributed by atoms with E-state index in [4.69, 9.17) is 16.2 Å². The molecule has 21 heavy (non-hydrogen) atoms. The van der Waals surface area contributed by atoms with Crippen LogP contribution in [0, 0.1) is 0 Å². The molecule has 0 rings (SSSR count). The molecule has 0 bridgehead atoms. The van der Waals surface area contributed by atoms with Crippen LogP contribution < -0.4 is 22.1 Å². The highest BCUT2D eigenvalue weighted by molar-refractivity contribution is 5.86. The highest BCUT2D eigenvalue weighted by atomic mass is 16.6. The average Bonchev–Trinajstić information content (AvgIpc) is 2.32. The lowest BCUT2D eigenvalue weighted by Gasteiger charge is -2.19. The number of carbonyl (C=O) groups excluding carboxylic acids is 3. The van der Waals surface area contributed by atoms with Crippen molar-refractivity contribution in [2.45, 2.75) is 51.7 Å². The van der Waals surface area contributed by atoms with Crippen LogP contribution in [0.3, 0.4) is 0 Å². The van der Waals surface area contributed by atoms with E-state index in [0.717, 1.165) is 0 Å². The number of hydrogen-bond acceptors (Lipinski definition) is 5. The van der Waals surface area contributed by atoms with Crippen LogP contribution in [0.2, 0.25) is 0 Å². The SMILES string of the molecule is CC(C)(C)OC(=O)NCCCC[C@H](N)C(=O)NCC(N)=O. The monoisotopic (exact) mass is 302 g/mol. The van der Waals surface area contributed by atoms with Gasteiger partial charge in [0, 0.05) is 6.54 Å². The Balaban J connectivity index is 3.69. The number of ether oxygens (including phenoxy) is 1. The van der Waals surface area contributed by atoms with Crippen molar-refractivity contribution in [2.24, 2.45) is 11.5 Å². The summed E-state index contributed by atoms with van der Waals surface area (Å²) in [5, 5.41) is 4.96. The molecule has 0 aromatic carbocycles. The summed E-state index contributed by atoms with van der Waals surface area (Å²) >= 11 is 0. The molecule has 0 saturated heterocycles. The van der Waals surface area contributed by atoms with E-state index in [-0.39, 0.29) is 6.54 Å². The zero-order valence-corrected chi connectivity index (χ0v) is 12.9. The van der Waals surface area contributed by atoms with Gasteiger partial charge in [-0.2, -0.15) is 0 Å². The van der Waals surface area contributed by atoms with Crippen LogP contribution in [0.5, 0.6) is 0 Å². The van der Waals surface area contributed by atoms with Crippen LogP contribution in [0.4, 0.5) is 4.79 Å². The number of nitrogens with one attached hydrogen (secondary N) is 2. The van der Waals surface area contributed by atoms with Gasteiger partial charge in [-0.3, -0.25) is 9.59 Å². The van der Waals surface area contributed by atoms with E-state index in [2.05, 4.69) is 10.6 Å². The van der Waals surface area contributed by atoms with Gasteiger partial charge in [0.25, 0.3) is 0 Å². The van der Waals surface area contributed by atoms with E-state index < -0.39 is 29.6 Å². The van der Waals surface area contributed by atoms with E-state index in [1.54, 1.807) is 20.8 Å². The van der Waals surface area contributed by atoms with Gasteiger partial charge in [-0.25, -0.2) is 4.79 Å². The first-order valence-corrected chi connectivity index (χ1v) is 6.90. The van der Waals surface area contributed by atoms with Crippen LogP contribution in [0.15, 0.2) is 0 Å². The molecule has 8 nitrogen and oxygen atoms in total. The predicted octanol–water partition coefficient (Wildman–Crippen LogP) is -0.390. The first-order chi connectivity index (χ1) is 9.61. The molecule has 0 aromatic rings. The number of amides is 3. The standard InChI is InChI=1S/C13H26N4O4/c1-13(2,3)21-12(20)16-7-5-4-6-9(14)11(19)17-8-10(15)18/h9H,4-8,14H2,1-3H3,(H2,15,18)(H,16,20)(H,17,19)/t9-/m0/s1. The Morgan fingerprint density at radius 1 is 1.14 bits per heavy atom. The second kappa shape index (κ2) is 9.17. The molecule has 1 atom stereocenters. The van der Waals surface area contributed by atoms with E-state index in [1.807, 2.05) is 0 Å². The Morgan fingerprint density at radius 2 is 1.76 bits per heavy atom. The highest BCUT2D eigenvalue weighted by Crippen LogP contribution is 2.06. The lowest BCUT2D eigenvalue weighted by Crippen LogP contribution is -2.43. The van der Waals surface area contributed by atoms with E-state index >= 15 is 0 Å². The maximum absolute atomic E-state index is 11.4. The molecule has 0 aliphatic rings. The summed E-state index contributed by atoms with van der Waals surface area (Å²) in [4.78, 5) is 33.3. The number of nitrogens with two attached hydrogens (primary N) is 2. The molecule has 0 spiro atoms. The fourth-order valence-electron chi connectivity index (χ4n) is 1.43. The number of unbranched alkanes of at least 4 members (excludes halogenated alkanes) is 1. The number of rotatable bonds is 8. The first-order valence-electron chi connectivity index (χ1n) is 6.90. The quantitative estimate of drug-likeness (QED) is 0.453. The predicted molar refractivity (Wildman–Crippen MR) is 78.3 cm³/mol. The van der Waals surface area contributed by atoms with Crippen LogP contribution >= 0.6 is 0 Å². The van der Waals surface area contributed by atoms with Crippen molar-refractivity contribution in [2.75, 3.05) is 13.1 Å². The Kier molecular flexibility index (Phi) is 8.37. The lowest BCUT2D eigenvalue weighted by atomic mass is 10.1. The van der Waals surface area contributed by atoms with Crippen molar-refractivity contribution >= 4 is 17.9 Å². The molecule has 0 aliphatic heterocycles. The second-order valence-corrected chi connectivity index (χ2v) is 5.72. The third-order valence-corrected chi connectivity index (χ3v) is 2.38. The van der Waals surface area contributed by atoms with Gasteiger partial charge in [0.05, 0.1) is 12.6 Å². The zero-order valence-electron chi connectivity index (χ0n) is 12.9. The largest absolute Gasteiger partial charge is 0.444 e. The van der Waals surface area contributed by atoms with Crippen LogP contribution in [-0.2, 0) is 14.3 Å². The third-order valence-electron chi connectivity index (χ3n) is 2.38. The van der Waals surface area contributed by atoms with Crippen molar-refractivity contribution in [3.63, 3.8) is 0 Å². The second-order valence-electron chi connectivity index (χ2n) is 5.72. The van der Waals surface area contributed by atoms with Crippen LogP contribution in [-0.4, -0.2) is 42.6 Å². The molecular formula is C13H26N4O4. The number of hydrogen-bond donors (Lipinski definition) is 4. The average molecular weight is 302 g/mol. The molecule has 122 valence electrons. The highest BCUT2D eigenvalue weighted by Gasteiger charge is 2.16. The van der Waals surface area contributed by atoms with Crippen LogP contribution in [0.25, 0.3) is 0 Å². The smallest absolute Gasteiger partial charge is 0.407 e. The van der Waals surface area contributed by atoms with E-state index in [1.165, 1.54) is 0 Å². The van der Waals surface area contributed by atoms with Gasteiger partial charge in [0.1, 0.15) is 5.60 Å². The maximum atomic E-state index is 11.4. The van der Waals surface area contributed by atoms with Gasteiger partial charge < -0.3 is 26.8 Å². The van der Waals surface area contributed by atoms with Gasteiger partial charge in [-0.05, 0) is 40.0 Å². The molecule has 3 amide bonds. The number of primary amides is 1. The first kappa shape index (κ1) is 19.2. The minimum Gasteiger partial charge on any atom is -0.444 e. The minimum absolute atomic E-state index is 0.216. The van der Waals surface area contributed by atoms with Crippen molar-refractivity contribution in [1.29, 1.82) is 0 Å². The molecular weight excluding hydrogens is 276 g/mol. The maximum Gasteiger partial charge on any atom is 0.407 e. The van der Waals surface area contributed by atoms with Gasteiger partial charge in [0.2, 0.25) is 11.8 Å². The summed E-state index contributed by atoms with van der Waals surface area (Å²) in [6, 6.07) is -0.689. The summed E-state index contributed by atoms with van der Waals surface area (Å²) < 4.78 is 5.08. The van der Waals surface area contributed by atoms with Gasteiger partial charge >= 0.3 is 6.09 Å². The van der Waals surface area contributed by atoms with Gasteiger partial charge in [-0.15, -0.1) is 0 Å². The molecule has 0 radical (unpaired) electrons. The normalized spacial score (nSPS) is 12.4. The summed E-state index contributed by atoms with van der Waals surface area (Å²) in [6.45, 7) is 5.60. The molecule has 0 heterocycles. The Bertz CT molecular complexity index is 366. The summed E-state index contributed by atoms with van der Waals surface area (Å²) in [7, 11) is 0. The number of alkyl carbamates (subject to hydrolysis) is 1. The van der Waals surface area contributed by atoms with Crippen molar-refractivity contribution in [1.82, 2.24) is 10.6 Å². The topological polar surface area (TPSA) is 137 Å². The fraction of sp³-hybridized carbons (Fsp3) is 0.769. The Labute approximate surface area is 124 Å². The molecule has 0 saturated carbocycles. The number of carbonyl (C=O) groups is 3. The molecule has 0 aliphatic carbocycles. The fourth-order valence-corrected chi connectivity index (χ4v) is 1.43. The molecule has 0 fully saturated rings. The molecule has 0 aromatic heterocycles. The zero-order chi connectivity index (χ0) is 16.5. The lowest BCUT2D eigenvalue weighted by molar-refractivity contribution is -0.125. The minimum atomic E-state index is -0.689. The van der Waals surface area contributed by atoms with Gasteiger partial charge in [-0.1, -0.05) is 0 Å². The Hall–Kier alpha value is -1.83. The summed E-state index contributed by atoms with van der Waals surface area (Å²) in [5.74, 6) is -1.02. The molecule has 6 N–H and O–H groups in total. The van der Waals surface area contributed by atoms with Crippen molar-refractivity contribution in [3.05, 3.63) is 0 Å². The van der Waals surface area contributed by atoms with Crippen molar-refractivity contribution in [3.8, 4) is 0 Å². The molecule has 0 unspecified atom stereocenters. The van der Waals surface area contributed by atoms with Crippen molar-refractivity contribution < 1.29 is 19.1 Å².